The second-order valence-electron chi connectivity index (χ2n) is 4.60. The second kappa shape index (κ2) is 6.58. The summed E-state index contributed by atoms with van der Waals surface area (Å²) >= 11 is 9.82. The first-order valence-electron chi connectivity index (χ1n) is 6.68. The molecular formula is C15H18BrClN2. The highest BCUT2D eigenvalue weighted by molar-refractivity contribution is 9.10. The first kappa shape index (κ1) is 14.6. The first-order valence-corrected chi connectivity index (χ1v) is 7.86. The maximum Gasteiger partial charge on any atom is 0.129 e. The predicted molar refractivity (Wildman–Crippen MR) is 87.2 cm³/mol. The summed E-state index contributed by atoms with van der Waals surface area (Å²) in [4.78, 5) is 4.75. The van der Waals surface area contributed by atoms with E-state index in [1.54, 1.807) is 0 Å². The number of rotatable bonds is 5. The Bertz CT molecular complexity index is 584. The lowest BCUT2D eigenvalue weighted by molar-refractivity contribution is 0.906. The highest BCUT2D eigenvalue weighted by Crippen LogP contribution is 2.32. The Labute approximate surface area is 127 Å². The van der Waals surface area contributed by atoms with Crippen molar-refractivity contribution in [3.63, 3.8) is 0 Å². The van der Waals surface area contributed by atoms with Gasteiger partial charge in [0.25, 0.3) is 0 Å². The van der Waals surface area contributed by atoms with Gasteiger partial charge in [-0.05, 0) is 52.5 Å². The molecule has 0 spiro atoms. The minimum absolute atomic E-state index is 0.755. The number of hydrogen-bond donors (Lipinski definition) is 1. The average molecular weight is 342 g/mol. The molecule has 0 amide bonds. The lowest BCUT2D eigenvalue weighted by atomic mass is 10.1. The molecule has 1 aromatic carbocycles. The van der Waals surface area contributed by atoms with Crippen LogP contribution in [0.25, 0.3) is 10.9 Å². The molecule has 4 heteroatoms. The number of aryl methyl sites for hydroxylation is 1. The third kappa shape index (κ3) is 3.21. The Balaban J connectivity index is 2.58. The smallest absolute Gasteiger partial charge is 0.129 e. The topological polar surface area (TPSA) is 24.9 Å². The number of pyridine rings is 1. The molecule has 0 fully saturated rings. The summed E-state index contributed by atoms with van der Waals surface area (Å²) in [5, 5.41) is 5.18. The van der Waals surface area contributed by atoms with E-state index in [4.69, 9.17) is 16.6 Å². The summed E-state index contributed by atoms with van der Waals surface area (Å²) < 4.78 is 0.981. The normalized spacial score (nSPS) is 10.9. The molecule has 102 valence electrons. The number of aromatic nitrogens is 1. The van der Waals surface area contributed by atoms with Crippen molar-refractivity contribution in [2.75, 3.05) is 11.9 Å². The molecule has 1 aromatic heterocycles. The van der Waals surface area contributed by atoms with Crippen LogP contribution in [-0.2, 0) is 6.42 Å². The number of fused-ring (bicyclic) bond motifs is 1. The van der Waals surface area contributed by atoms with Crippen molar-refractivity contribution < 1.29 is 0 Å². The van der Waals surface area contributed by atoms with E-state index in [1.165, 1.54) is 5.56 Å². The highest BCUT2D eigenvalue weighted by Gasteiger charge is 2.10. The Morgan fingerprint density at radius 1 is 1.26 bits per heavy atom. The van der Waals surface area contributed by atoms with Crippen LogP contribution in [-0.4, -0.2) is 11.5 Å². The standard InChI is InChI=1S/C15H18BrClN2/c1-3-5-10-9-11-13(17)7-6-12(16)14(11)19-15(10)18-8-4-2/h6-7,9H,3-5,8H2,1-2H3,(H,18,19). The largest absolute Gasteiger partial charge is 0.370 e. The van der Waals surface area contributed by atoms with Gasteiger partial charge in [-0.25, -0.2) is 4.98 Å². The van der Waals surface area contributed by atoms with Crippen LogP contribution < -0.4 is 5.32 Å². The van der Waals surface area contributed by atoms with Crippen molar-refractivity contribution in [3.05, 3.63) is 33.3 Å². The Morgan fingerprint density at radius 3 is 2.74 bits per heavy atom. The van der Waals surface area contributed by atoms with Crippen LogP contribution in [0, 0.1) is 0 Å². The Hall–Kier alpha value is -0.800. The van der Waals surface area contributed by atoms with E-state index in [-0.39, 0.29) is 0 Å². The van der Waals surface area contributed by atoms with E-state index >= 15 is 0 Å². The van der Waals surface area contributed by atoms with Gasteiger partial charge < -0.3 is 5.32 Å². The summed E-state index contributed by atoms with van der Waals surface area (Å²) in [5.74, 6) is 0.985. The van der Waals surface area contributed by atoms with Gasteiger partial charge in [0.1, 0.15) is 5.82 Å². The fourth-order valence-electron chi connectivity index (χ4n) is 2.09. The zero-order chi connectivity index (χ0) is 13.8. The Kier molecular flexibility index (Phi) is 5.06. The first-order chi connectivity index (χ1) is 9.17. The molecule has 0 unspecified atom stereocenters. The molecular weight excluding hydrogens is 324 g/mol. The van der Waals surface area contributed by atoms with E-state index in [0.717, 1.165) is 52.0 Å². The van der Waals surface area contributed by atoms with Crippen molar-refractivity contribution >= 4 is 44.3 Å². The van der Waals surface area contributed by atoms with Gasteiger partial charge >= 0.3 is 0 Å². The third-order valence-electron chi connectivity index (χ3n) is 3.02. The lowest BCUT2D eigenvalue weighted by Crippen LogP contribution is -2.06. The summed E-state index contributed by atoms with van der Waals surface area (Å²) in [7, 11) is 0. The maximum absolute atomic E-state index is 6.28. The minimum atomic E-state index is 0.755. The number of anilines is 1. The predicted octanol–water partition coefficient (Wildman–Crippen LogP) is 5.43. The molecule has 19 heavy (non-hydrogen) atoms. The zero-order valence-corrected chi connectivity index (χ0v) is 13.6. The number of hydrogen-bond acceptors (Lipinski definition) is 2. The monoisotopic (exact) mass is 340 g/mol. The number of halogens is 2. The zero-order valence-electron chi connectivity index (χ0n) is 11.3. The van der Waals surface area contributed by atoms with Crippen molar-refractivity contribution in [3.8, 4) is 0 Å². The molecule has 1 heterocycles. The number of benzene rings is 1. The van der Waals surface area contributed by atoms with Crippen LogP contribution in [0.1, 0.15) is 32.3 Å². The number of nitrogens with zero attached hydrogens (tertiary/aromatic N) is 1. The fraction of sp³-hybridized carbons (Fsp3) is 0.400. The van der Waals surface area contributed by atoms with Crippen LogP contribution in [0.5, 0.6) is 0 Å². The van der Waals surface area contributed by atoms with Crippen molar-refractivity contribution in [2.45, 2.75) is 33.1 Å². The van der Waals surface area contributed by atoms with Crippen LogP contribution in [0.2, 0.25) is 5.02 Å². The van der Waals surface area contributed by atoms with Gasteiger partial charge in [0, 0.05) is 16.4 Å². The molecule has 1 N–H and O–H groups in total. The van der Waals surface area contributed by atoms with Crippen molar-refractivity contribution in [1.82, 2.24) is 4.98 Å². The molecule has 0 saturated carbocycles. The van der Waals surface area contributed by atoms with Gasteiger partial charge in [0.05, 0.1) is 10.5 Å². The van der Waals surface area contributed by atoms with Gasteiger partial charge in [-0.15, -0.1) is 0 Å². The summed E-state index contributed by atoms with van der Waals surface area (Å²) in [5.41, 5.74) is 2.16. The van der Waals surface area contributed by atoms with Gasteiger partial charge in [-0.2, -0.15) is 0 Å². The van der Waals surface area contributed by atoms with Crippen LogP contribution in [0.15, 0.2) is 22.7 Å². The minimum Gasteiger partial charge on any atom is -0.370 e. The van der Waals surface area contributed by atoms with E-state index in [1.807, 2.05) is 12.1 Å². The van der Waals surface area contributed by atoms with E-state index in [2.05, 4.69) is 41.2 Å². The van der Waals surface area contributed by atoms with Crippen molar-refractivity contribution in [2.24, 2.45) is 0 Å². The molecule has 0 atom stereocenters. The van der Waals surface area contributed by atoms with Gasteiger partial charge in [-0.3, -0.25) is 0 Å². The summed E-state index contributed by atoms with van der Waals surface area (Å²) in [6, 6.07) is 6.02. The van der Waals surface area contributed by atoms with E-state index in [9.17, 15) is 0 Å². The van der Waals surface area contributed by atoms with E-state index < -0.39 is 0 Å². The maximum atomic E-state index is 6.28. The molecule has 0 saturated heterocycles. The molecule has 2 nitrogen and oxygen atoms in total. The highest BCUT2D eigenvalue weighted by atomic mass is 79.9. The van der Waals surface area contributed by atoms with Gasteiger partial charge in [-0.1, -0.05) is 31.9 Å². The van der Waals surface area contributed by atoms with Gasteiger partial charge in [0.2, 0.25) is 0 Å². The molecule has 0 aliphatic rings. The van der Waals surface area contributed by atoms with Crippen LogP contribution in [0.4, 0.5) is 5.82 Å². The molecule has 2 rings (SSSR count). The fourth-order valence-corrected chi connectivity index (χ4v) is 2.73. The van der Waals surface area contributed by atoms with Gasteiger partial charge in [0.15, 0.2) is 0 Å². The third-order valence-corrected chi connectivity index (χ3v) is 3.99. The number of nitrogens with one attached hydrogen (secondary N) is 1. The average Bonchev–Trinajstić information content (AvgIpc) is 2.41. The van der Waals surface area contributed by atoms with Crippen molar-refractivity contribution in [1.29, 1.82) is 0 Å². The summed E-state index contributed by atoms with van der Waals surface area (Å²) in [6.45, 7) is 5.27. The molecule has 0 radical (unpaired) electrons. The SMILES string of the molecule is CCCNc1nc2c(Br)ccc(Cl)c2cc1CCC. The Morgan fingerprint density at radius 2 is 2.05 bits per heavy atom. The van der Waals surface area contributed by atoms with E-state index in [0.29, 0.717) is 0 Å². The van der Waals surface area contributed by atoms with Crippen LogP contribution in [0.3, 0.4) is 0 Å². The molecule has 2 aromatic rings. The molecule has 0 bridgehead atoms. The molecule has 0 aliphatic heterocycles. The second-order valence-corrected chi connectivity index (χ2v) is 5.86. The lowest BCUT2D eigenvalue weighted by Gasteiger charge is -2.13. The van der Waals surface area contributed by atoms with Crippen LogP contribution >= 0.6 is 27.5 Å². The quantitative estimate of drug-likeness (QED) is 0.785. The molecule has 0 aliphatic carbocycles. The summed E-state index contributed by atoms with van der Waals surface area (Å²) in [6.07, 6.45) is 3.19.